The van der Waals surface area contributed by atoms with Crippen LogP contribution in [0.4, 0.5) is 9.59 Å². The lowest BCUT2D eigenvalue weighted by Crippen LogP contribution is -2.66. The van der Waals surface area contributed by atoms with E-state index in [1.807, 2.05) is 48.5 Å². The number of benzene rings is 2. The molecule has 6 atom stereocenters. The fourth-order valence-electron chi connectivity index (χ4n) is 4.98. The molecule has 12 nitrogen and oxygen atoms in total. The Balaban J connectivity index is 1.38. The number of ether oxygens (including phenoxy) is 3. The molecule has 0 saturated carbocycles. The first-order valence-electron chi connectivity index (χ1n) is 12.9. The molecule has 2 aromatic rings. The summed E-state index contributed by atoms with van der Waals surface area (Å²) in [5, 5.41) is 45.5. The molecule has 0 spiro atoms. The minimum absolute atomic E-state index is 0.0405. The van der Waals surface area contributed by atoms with E-state index in [-0.39, 0.29) is 19.1 Å². The van der Waals surface area contributed by atoms with Gasteiger partial charge in [-0.15, -0.1) is 0 Å². The van der Waals surface area contributed by atoms with E-state index in [9.17, 15) is 34.8 Å². The van der Waals surface area contributed by atoms with E-state index in [1.54, 1.807) is 20.8 Å². The predicted molar refractivity (Wildman–Crippen MR) is 141 cm³/mol. The van der Waals surface area contributed by atoms with Crippen molar-refractivity contribution in [3.05, 3.63) is 59.7 Å². The summed E-state index contributed by atoms with van der Waals surface area (Å²) in [5.41, 5.74) is 3.26. The monoisotopic (exact) mass is 558 g/mol. The van der Waals surface area contributed by atoms with Gasteiger partial charge in [0.25, 0.3) is 0 Å². The highest BCUT2D eigenvalue weighted by Gasteiger charge is 2.49. The number of carbonyl (C=O) groups excluding carboxylic acids is 2. The second-order valence-corrected chi connectivity index (χ2v) is 10.8. The van der Waals surface area contributed by atoms with E-state index in [1.165, 1.54) is 0 Å². The highest BCUT2D eigenvalue weighted by Crippen LogP contribution is 2.44. The third-order valence-corrected chi connectivity index (χ3v) is 6.81. The summed E-state index contributed by atoms with van der Waals surface area (Å²) >= 11 is 0. The number of fused-ring (bicyclic) bond motifs is 3. The molecule has 0 radical (unpaired) electrons. The van der Waals surface area contributed by atoms with Gasteiger partial charge in [0.15, 0.2) is 6.04 Å². The molecule has 1 fully saturated rings. The first-order chi connectivity index (χ1) is 18.9. The van der Waals surface area contributed by atoms with E-state index in [2.05, 4.69) is 10.6 Å². The second kappa shape index (κ2) is 11.8. The number of hydrogen-bond donors (Lipinski definition) is 6. The minimum atomic E-state index is -1.86. The number of carboxylic acid groups (broad SMARTS) is 1. The van der Waals surface area contributed by atoms with E-state index in [0.717, 1.165) is 22.3 Å². The Hall–Kier alpha value is -3.71. The van der Waals surface area contributed by atoms with Gasteiger partial charge < -0.3 is 45.3 Å². The number of carboxylic acids is 1. The highest BCUT2D eigenvalue weighted by molar-refractivity contribution is 5.81. The van der Waals surface area contributed by atoms with Gasteiger partial charge in [-0.25, -0.2) is 14.4 Å². The van der Waals surface area contributed by atoms with Crippen molar-refractivity contribution in [2.24, 2.45) is 0 Å². The Bertz CT molecular complexity index is 1200. The Morgan fingerprint density at radius 2 is 1.48 bits per heavy atom. The number of aliphatic carboxylic acids is 1. The average molecular weight is 559 g/mol. The summed E-state index contributed by atoms with van der Waals surface area (Å²) in [7, 11) is 0. The fraction of sp³-hybridized carbons (Fsp3) is 0.464. The van der Waals surface area contributed by atoms with Crippen LogP contribution in [0.2, 0.25) is 0 Å². The molecule has 216 valence electrons. The number of carbonyl (C=O) groups is 3. The van der Waals surface area contributed by atoms with Crippen molar-refractivity contribution in [2.45, 2.75) is 68.9 Å². The zero-order valence-electron chi connectivity index (χ0n) is 22.3. The summed E-state index contributed by atoms with van der Waals surface area (Å²) < 4.78 is 16.1. The first-order valence-corrected chi connectivity index (χ1v) is 12.9. The van der Waals surface area contributed by atoms with Crippen molar-refractivity contribution in [1.82, 2.24) is 10.6 Å². The molecule has 6 N–H and O–H groups in total. The molecule has 0 bridgehead atoms. The molecule has 1 heterocycles. The van der Waals surface area contributed by atoms with Crippen LogP contribution < -0.4 is 10.6 Å². The van der Waals surface area contributed by atoms with Gasteiger partial charge in [-0.3, -0.25) is 0 Å². The molecule has 4 rings (SSSR count). The lowest BCUT2D eigenvalue weighted by atomic mass is 9.91. The van der Waals surface area contributed by atoms with Gasteiger partial charge in [-0.05, 0) is 43.0 Å². The average Bonchev–Trinajstić information content (AvgIpc) is 3.21. The smallest absolute Gasteiger partial charge is 0.408 e. The Kier molecular flexibility index (Phi) is 8.64. The molecular formula is C28H34N2O10. The van der Waals surface area contributed by atoms with Crippen LogP contribution in [0.25, 0.3) is 11.1 Å². The normalized spacial score (nSPS) is 24.8. The summed E-state index contributed by atoms with van der Waals surface area (Å²) in [6.07, 6.45) is -10.3. The number of rotatable bonds is 7. The van der Waals surface area contributed by atoms with E-state index in [4.69, 9.17) is 14.2 Å². The summed E-state index contributed by atoms with van der Waals surface area (Å²) in [4.78, 5) is 36.6. The topological polar surface area (TPSA) is 184 Å². The van der Waals surface area contributed by atoms with Crippen LogP contribution in [0.15, 0.2) is 48.5 Å². The Morgan fingerprint density at radius 3 is 2.02 bits per heavy atom. The number of amides is 2. The van der Waals surface area contributed by atoms with Gasteiger partial charge in [-0.2, -0.15) is 0 Å². The molecular weight excluding hydrogens is 524 g/mol. The van der Waals surface area contributed by atoms with Crippen molar-refractivity contribution >= 4 is 18.2 Å². The molecule has 2 amide bonds. The van der Waals surface area contributed by atoms with Crippen LogP contribution in [0.3, 0.4) is 0 Å². The van der Waals surface area contributed by atoms with Crippen molar-refractivity contribution in [1.29, 1.82) is 0 Å². The third kappa shape index (κ3) is 6.36. The van der Waals surface area contributed by atoms with Crippen LogP contribution in [-0.2, 0) is 19.0 Å². The predicted octanol–water partition coefficient (Wildman–Crippen LogP) is 1.35. The van der Waals surface area contributed by atoms with Crippen LogP contribution in [0.1, 0.15) is 37.8 Å². The quantitative estimate of drug-likeness (QED) is 0.290. The Morgan fingerprint density at radius 1 is 0.900 bits per heavy atom. The molecule has 1 aliphatic heterocycles. The molecule has 2 aromatic carbocycles. The minimum Gasteiger partial charge on any atom is -0.480 e. The first kappa shape index (κ1) is 29.3. The maximum absolute atomic E-state index is 12.6. The number of aliphatic hydroxyl groups is 3. The van der Waals surface area contributed by atoms with Crippen molar-refractivity contribution in [2.75, 3.05) is 13.2 Å². The van der Waals surface area contributed by atoms with Gasteiger partial charge in [0.2, 0.25) is 0 Å². The standard InChI is InChI=1S/C28H34N2O10/c1-28(2,3)40-27(37)30-20(25(34)35)24-23(33)22(32)21(31)19(39-24)12-29-26(36)38-13-18-16-10-6-4-8-14(16)15-9-5-7-11-17(15)18/h4-11,18-24,31-33H,12-13H2,1-3H3,(H,29,36)(H,30,37)(H,34,35)/t19?,20?,21-,22?,23?,24+/m1/s1. The van der Waals surface area contributed by atoms with E-state index in [0.29, 0.717) is 0 Å². The van der Waals surface area contributed by atoms with Crippen molar-refractivity contribution in [3.8, 4) is 11.1 Å². The zero-order chi connectivity index (χ0) is 29.2. The van der Waals surface area contributed by atoms with E-state index >= 15 is 0 Å². The summed E-state index contributed by atoms with van der Waals surface area (Å²) in [6.45, 7) is 4.41. The van der Waals surface area contributed by atoms with E-state index < -0.39 is 60.3 Å². The van der Waals surface area contributed by atoms with Crippen molar-refractivity contribution in [3.63, 3.8) is 0 Å². The number of alkyl carbamates (subject to hydrolysis) is 2. The van der Waals surface area contributed by atoms with Crippen molar-refractivity contribution < 1.29 is 49.0 Å². The fourth-order valence-corrected chi connectivity index (χ4v) is 4.98. The number of nitrogens with one attached hydrogen (secondary N) is 2. The van der Waals surface area contributed by atoms with Crippen LogP contribution in [-0.4, -0.2) is 93.9 Å². The SMILES string of the molecule is CC(C)(C)OC(=O)NC(C(=O)O)[C@@H]1OC(CNC(=O)OCC2c3ccccc3-c3ccccc32)[C@@H](O)C(O)C1O. The van der Waals surface area contributed by atoms with Gasteiger partial charge in [0.05, 0.1) is 0 Å². The summed E-state index contributed by atoms with van der Waals surface area (Å²) in [5.74, 6) is -1.74. The molecule has 1 saturated heterocycles. The highest BCUT2D eigenvalue weighted by atomic mass is 16.6. The maximum Gasteiger partial charge on any atom is 0.408 e. The zero-order valence-corrected chi connectivity index (χ0v) is 22.3. The van der Waals surface area contributed by atoms with Gasteiger partial charge >= 0.3 is 18.2 Å². The van der Waals surface area contributed by atoms with Gasteiger partial charge in [0, 0.05) is 12.5 Å². The second-order valence-electron chi connectivity index (χ2n) is 10.8. The van der Waals surface area contributed by atoms with Crippen LogP contribution >= 0.6 is 0 Å². The van der Waals surface area contributed by atoms with Crippen LogP contribution in [0.5, 0.6) is 0 Å². The molecule has 1 aliphatic carbocycles. The largest absolute Gasteiger partial charge is 0.480 e. The Labute approximate surface area is 230 Å². The van der Waals surface area contributed by atoms with Gasteiger partial charge in [-0.1, -0.05) is 48.5 Å². The lowest BCUT2D eigenvalue weighted by Gasteiger charge is -2.42. The van der Waals surface area contributed by atoms with Gasteiger partial charge in [0.1, 0.15) is 42.7 Å². The molecule has 12 heteroatoms. The third-order valence-electron chi connectivity index (χ3n) is 6.81. The number of aliphatic hydroxyl groups excluding tert-OH is 3. The molecule has 2 aliphatic rings. The molecule has 4 unspecified atom stereocenters. The number of hydrogen-bond acceptors (Lipinski definition) is 9. The molecule has 40 heavy (non-hydrogen) atoms. The summed E-state index contributed by atoms with van der Waals surface area (Å²) in [6, 6.07) is 13.9. The van der Waals surface area contributed by atoms with Crippen LogP contribution in [0, 0.1) is 0 Å². The molecule has 0 aromatic heterocycles. The lowest BCUT2D eigenvalue weighted by molar-refractivity contribution is -0.227. The maximum atomic E-state index is 12.6.